The summed E-state index contributed by atoms with van der Waals surface area (Å²) in [5.41, 5.74) is 0. The summed E-state index contributed by atoms with van der Waals surface area (Å²) in [6, 6.07) is 14.8. The fourth-order valence-electron chi connectivity index (χ4n) is 1.39. The van der Waals surface area contributed by atoms with Crippen molar-refractivity contribution in [3.05, 3.63) is 54.6 Å². The summed E-state index contributed by atoms with van der Waals surface area (Å²) in [7, 11) is -3.23. The van der Waals surface area contributed by atoms with Crippen LogP contribution >= 0.6 is 7.60 Å². The second kappa shape index (κ2) is 5.15. The molecule has 0 saturated heterocycles. The van der Waals surface area contributed by atoms with Crippen LogP contribution in [0.1, 0.15) is 0 Å². The lowest BCUT2D eigenvalue weighted by Crippen LogP contribution is -1.98. The highest BCUT2D eigenvalue weighted by atomic mass is 31.2. The third-order valence-electron chi connectivity index (χ3n) is 2.12. The van der Waals surface area contributed by atoms with E-state index in [0.717, 1.165) is 0 Å². The van der Waals surface area contributed by atoms with Crippen molar-refractivity contribution >= 4 is 7.60 Å². The normalized spacial score (nSPS) is 13.6. The summed E-state index contributed by atoms with van der Waals surface area (Å²) >= 11 is 0. The Morgan fingerprint density at radius 3 is 1.94 bits per heavy atom. The number of hydrogen-bond donors (Lipinski definition) is 1. The van der Waals surface area contributed by atoms with E-state index in [1.54, 1.807) is 24.3 Å². The highest BCUT2D eigenvalue weighted by molar-refractivity contribution is 7.53. The zero-order valence-corrected chi connectivity index (χ0v) is 10.7. The molecule has 0 amide bonds. The van der Waals surface area contributed by atoms with Crippen molar-refractivity contribution in [3.8, 4) is 17.2 Å². The predicted octanol–water partition coefficient (Wildman–Crippen LogP) is 3.67. The van der Waals surface area contributed by atoms with Gasteiger partial charge in [0.05, 0.1) is 6.66 Å². The van der Waals surface area contributed by atoms with E-state index in [1.807, 2.05) is 6.07 Å². The van der Waals surface area contributed by atoms with Crippen LogP contribution in [0.3, 0.4) is 0 Å². The molecule has 0 aliphatic rings. The molecule has 1 N–H and O–H groups in total. The van der Waals surface area contributed by atoms with Crippen molar-refractivity contribution in [2.45, 2.75) is 0 Å². The summed E-state index contributed by atoms with van der Waals surface area (Å²) in [5.74, 6) is 0.994. The van der Waals surface area contributed by atoms with Crippen molar-refractivity contribution in [3.63, 3.8) is 0 Å². The van der Waals surface area contributed by atoms with Gasteiger partial charge in [0.25, 0.3) is 0 Å². The van der Waals surface area contributed by atoms with Crippen LogP contribution in [0.25, 0.3) is 0 Å². The minimum Gasteiger partial charge on any atom is -0.508 e. The summed E-state index contributed by atoms with van der Waals surface area (Å²) < 4.78 is 22.7. The van der Waals surface area contributed by atoms with Gasteiger partial charge in [0.2, 0.25) is 0 Å². The van der Waals surface area contributed by atoms with Crippen LogP contribution in [0.4, 0.5) is 0 Å². The van der Waals surface area contributed by atoms with Gasteiger partial charge in [-0.15, -0.1) is 0 Å². The SMILES string of the molecule is CP(=O)(Oc1ccccc1)Oc1ccc(O)cc1. The molecule has 18 heavy (non-hydrogen) atoms. The van der Waals surface area contributed by atoms with Crippen LogP contribution in [0, 0.1) is 0 Å². The second-order valence-electron chi connectivity index (χ2n) is 3.76. The molecule has 0 aliphatic heterocycles. The van der Waals surface area contributed by atoms with E-state index >= 15 is 0 Å². The molecule has 94 valence electrons. The second-order valence-corrected chi connectivity index (χ2v) is 5.67. The maximum Gasteiger partial charge on any atom is 0.427 e. The highest BCUT2D eigenvalue weighted by Crippen LogP contribution is 2.44. The third kappa shape index (κ3) is 3.54. The number of aromatic hydroxyl groups is 1. The summed E-state index contributed by atoms with van der Waals surface area (Å²) in [6.45, 7) is 1.40. The molecule has 1 atom stereocenters. The van der Waals surface area contributed by atoms with E-state index in [-0.39, 0.29) is 5.75 Å². The number of para-hydroxylation sites is 1. The van der Waals surface area contributed by atoms with E-state index < -0.39 is 7.60 Å². The van der Waals surface area contributed by atoms with Gasteiger partial charge in [0.1, 0.15) is 17.2 Å². The molecule has 2 rings (SSSR count). The molecule has 0 fully saturated rings. The van der Waals surface area contributed by atoms with E-state index in [9.17, 15) is 4.57 Å². The van der Waals surface area contributed by atoms with E-state index in [2.05, 4.69) is 0 Å². The molecule has 2 aromatic carbocycles. The topological polar surface area (TPSA) is 55.8 Å². The number of phenolic OH excluding ortho intramolecular Hbond substituents is 1. The van der Waals surface area contributed by atoms with Gasteiger partial charge in [-0.1, -0.05) is 18.2 Å². The van der Waals surface area contributed by atoms with Crippen LogP contribution in [0.15, 0.2) is 54.6 Å². The van der Waals surface area contributed by atoms with Gasteiger partial charge in [-0.05, 0) is 36.4 Å². The monoisotopic (exact) mass is 264 g/mol. The Balaban J connectivity index is 2.08. The molecule has 0 aliphatic carbocycles. The standard InChI is InChI=1S/C13H13O4P/c1-18(15,16-12-5-3-2-4-6-12)17-13-9-7-11(14)8-10-13/h2-10,14H,1H3. The Morgan fingerprint density at radius 2 is 1.39 bits per heavy atom. The predicted molar refractivity (Wildman–Crippen MR) is 69.3 cm³/mol. The zero-order valence-electron chi connectivity index (χ0n) is 9.82. The average Bonchev–Trinajstić information content (AvgIpc) is 2.32. The minimum atomic E-state index is -3.23. The van der Waals surface area contributed by atoms with Gasteiger partial charge in [0, 0.05) is 0 Å². The average molecular weight is 264 g/mol. The molecule has 2 aromatic rings. The maximum atomic E-state index is 12.1. The van der Waals surface area contributed by atoms with Crippen LogP contribution in [0.5, 0.6) is 17.2 Å². The first kappa shape index (κ1) is 12.5. The Morgan fingerprint density at radius 1 is 0.889 bits per heavy atom. The lowest BCUT2D eigenvalue weighted by atomic mass is 10.3. The molecule has 0 aromatic heterocycles. The van der Waals surface area contributed by atoms with Crippen LogP contribution in [0.2, 0.25) is 0 Å². The summed E-state index contributed by atoms with van der Waals surface area (Å²) in [6.07, 6.45) is 0. The fourth-order valence-corrected chi connectivity index (χ4v) is 2.44. The molecule has 0 radical (unpaired) electrons. The number of phenols is 1. The third-order valence-corrected chi connectivity index (χ3v) is 3.21. The van der Waals surface area contributed by atoms with Crippen molar-refractivity contribution in [1.29, 1.82) is 0 Å². The number of rotatable bonds is 4. The van der Waals surface area contributed by atoms with Crippen molar-refractivity contribution in [1.82, 2.24) is 0 Å². The van der Waals surface area contributed by atoms with Crippen molar-refractivity contribution in [2.75, 3.05) is 6.66 Å². The zero-order chi connectivity index (χ0) is 13.0. The molecule has 1 unspecified atom stereocenters. The smallest absolute Gasteiger partial charge is 0.427 e. The summed E-state index contributed by atoms with van der Waals surface area (Å²) in [5, 5.41) is 9.13. The first-order valence-electron chi connectivity index (χ1n) is 5.36. The van der Waals surface area contributed by atoms with Crippen LogP contribution < -0.4 is 9.05 Å². The molecule has 0 saturated carbocycles. The van der Waals surface area contributed by atoms with Gasteiger partial charge in [-0.3, -0.25) is 0 Å². The molecule has 0 heterocycles. The van der Waals surface area contributed by atoms with Gasteiger partial charge in [0.15, 0.2) is 0 Å². The van der Waals surface area contributed by atoms with Crippen LogP contribution in [-0.4, -0.2) is 11.8 Å². The highest BCUT2D eigenvalue weighted by Gasteiger charge is 2.20. The quantitative estimate of drug-likeness (QED) is 0.856. The van der Waals surface area contributed by atoms with Crippen molar-refractivity contribution in [2.24, 2.45) is 0 Å². The van der Waals surface area contributed by atoms with Gasteiger partial charge in [-0.25, -0.2) is 4.57 Å². The lowest BCUT2D eigenvalue weighted by molar-refractivity contribution is 0.393. The van der Waals surface area contributed by atoms with Gasteiger partial charge < -0.3 is 14.2 Å². The molecule has 4 nitrogen and oxygen atoms in total. The Kier molecular flexibility index (Phi) is 3.58. The van der Waals surface area contributed by atoms with E-state index in [0.29, 0.717) is 11.5 Å². The molecular weight excluding hydrogens is 251 g/mol. The first-order valence-corrected chi connectivity index (χ1v) is 7.35. The van der Waals surface area contributed by atoms with Crippen LogP contribution in [-0.2, 0) is 4.57 Å². The molecule has 0 bridgehead atoms. The first-order chi connectivity index (χ1) is 8.55. The summed E-state index contributed by atoms with van der Waals surface area (Å²) in [4.78, 5) is 0. The van der Waals surface area contributed by atoms with E-state index in [4.69, 9.17) is 14.2 Å². The van der Waals surface area contributed by atoms with E-state index in [1.165, 1.54) is 30.9 Å². The number of hydrogen-bond acceptors (Lipinski definition) is 4. The Bertz CT molecular complexity index is 551. The fraction of sp³-hybridized carbons (Fsp3) is 0.0769. The Hall–Kier alpha value is -1.93. The maximum absolute atomic E-state index is 12.1. The minimum absolute atomic E-state index is 0.122. The van der Waals surface area contributed by atoms with Crippen molar-refractivity contribution < 1.29 is 18.7 Å². The van der Waals surface area contributed by atoms with Gasteiger partial charge >= 0.3 is 7.60 Å². The molecular formula is C13H13O4P. The van der Waals surface area contributed by atoms with Gasteiger partial charge in [-0.2, -0.15) is 0 Å². The Labute approximate surface area is 105 Å². The largest absolute Gasteiger partial charge is 0.508 e. The molecule has 0 spiro atoms. The number of benzene rings is 2. The lowest BCUT2D eigenvalue weighted by Gasteiger charge is -2.16. The molecule has 5 heteroatoms.